The van der Waals surface area contributed by atoms with E-state index in [2.05, 4.69) is 4.98 Å². The maximum absolute atomic E-state index is 13.3. The highest BCUT2D eigenvalue weighted by atomic mass is 19.1. The van der Waals surface area contributed by atoms with Gasteiger partial charge in [-0.2, -0.15) is 10.5 Å². The van der Waals surface area contributed by atoms with Crippen molar-refractivity contribution in [1.82, 2.24) is 4.98 Å². The molecule has 0 aliphatic carbocycles. The van der Waals surface area contributed by atoms with E-state index in [0.717, 1.165) is 6.07 Å². The Balaban J connectivity index is 2.33. The highest BCUT2D eigenvalue weighted by Crippen LogP contribution is 2.23. The summed E-state index contributed by atoms with van der Waals surface area (Å²) in [6.45, 7) is 0. The van der Waals surface area contributed by atoms with E-state index in [0.29, 0.717) is 0 Å². The molecule has 0 atom stereocenters. The third kappa shape index (κ3) is 2.26. The first-order valence-electron chi connectivity index (χ1n) is 4.97. The van der Waals surface area contributed by atoms with Gasteiger partial charge in [-0.1, -0.05) is 0 Å². The van der Waals surface area contributed by atoms with Crippen LogP contribution in [0.25, 0.3) is 0 Å². The van der Waals surface area contributed by atoms with Gasteiger partial charge in [-0.05, 0) is 24.3 Å². The molecule has 0 fully saturated rings. The van der Waals surface area contributed by atoms with Crippen molar-refractivity contribution in [3.63, 3.8) is 0 Å². The molecule has 18 heavy (non-hydrogen) atoms. The Morgan fingerprint density at radius 2 is 1.89 bits per heavy atom. The largest absolute Gasteiger partial charge is 0.438 e. The van der Waals surface area contributed by atoms with Gasteiger partial charge in [-0.15, -0.1) is 0 Å². The Labute approximate surface area is 103 Å². The average molecular weight is 239 g/mol. The number of hydrogen-bond acceptors (Lipinski definition) is 4. The van der Waals surface area contributed by atoms with Crippen molar-refractivity contribution in [3.8, 4) is 23.8 Å². The number of benzene rings is 1. The Morgan fingerprint density at radius 1 is 1.11 bits per heavy atom. The highest BCUT2D eigenvalue weighted by Gasteiger charge is 2.08. The van der Waals surface area contributed by atoms with E-state index >= 15 is 0 Å². The van der Waals surface area contributed by atoms with Gasteiger partial charge in [0.2, 0.25) is 5.88 Å². The zero-order chi connectivity index (χ0) is 13.0. The van der Waals surface area contributed by atoms with E-state index in [4.69, 9.17) is 15.3 Å². The van der Waals surface area contributed by atoms with Crippen molar-refractivity contribution in [1.29, 1.82) is 10.5 Å². The Bertz CT molecular complexity index is 671. The van der Waals surface area contributed by atoms with Crippen molar-refractivity contribution in [2.24, 2.45) is 0 Å². The lowest BCUT2D eigenvalue weighted by Gasteiger charge is -2.05. The first-order valence-corrected chi connectivity index (χ1v) is 4.97. The van der Waals surface area contributed by atoms with E-state index in [9.17, 15) is 4.39 Å². The molecule has 0 aliphatic heterocycles. The van der Waals surface area contributed by atoms with Crippen LogP contribution in [0.1, 0.15) is 11.1 Å². The van der Waals surface area contributed by atoms with Crippen LogP contribution in [0.3, 0.4) is 0 Å². The van der Waals surface area contributed by atoms with Gasteiger partial charge in [0.15, 0.2) is 0 Å². The molecule has 0 saturated heterocycles. The standard InChI is InChI=1S/C13H6FN3O/c14-12-6-11(4-3-9(12)7-15)18-13-10(8-16)2-1-5-17-13/h1-6H. The van der Waals surface area contributed by atoms with Gasteiger partial charge in [-0.3, -0.25) is 0 Å². The molecule has 2 aromatic rings. The maximum Gasteiger partial charge on any atom is 0.237 e. The summed E-state index contributed by atoms with van der Waals surface area (Å²) in [6, 6.07) is 10.6. The van der Waals surface area contributed by atoms with Crippen LogP contribution in [0, 0.1) is 28.5 Å². The lowest BCUT2D eigenvalue weighted by atomic mass is 10.2. The monoisotopic (exact) mass is 239 g/mol. The summed E-state index contributed by atoms with van der Waals surface area (Å²) in [6.07, 6.45) is 1.47. The number of ether oxygens (including phenoxy) is 1. The molecule has 1 aromatic carbocycles. The van der Waals surface area contributed by atoms with Gasteiger partial charge >= 0.3 is 0 Å². The number of nitrogens with zero attached hydrogens (tertiary/aromatic N) is 3. The van der Waals surface area contributed by atoms with Gasteiger partial charge < -0.3 is 4.74 Å². The molecule has 0 unspecified atom stereocenters. The first-order chi connectivity index (χ1) is 8.74. The van der Waals surface area contributed by atoms with Crippen LogP contribution in [0.2, 0.25) is 0 Å². The molecule has 4 nitrogen and oxygen atoms in total. The number of rotatable bonds is 2. The lowest BCUT2D eigenvalue weighted by molar-refractivity contribution is 0.456. The van der Waals surface area contributed by atoms with Crippen LogP contribution in [-0.2, 0) is 0 Å². The topological polar surface area (TPSA) is 69.7 Å². The van der Waals surface area contributed by atoms with Gasteiger partial charge in [0, 0.05) is 12.3 Å². The average Bonchev–Trinajstić information content (AvgIpc) is 2.39. The van der Waals surface area contributed by atoms with E-state index in [1.807, 2.05) is 6.07 Å². The van der Waals surface area contributed by atoms with E-state index < -0.39 is 5.82 Å². The smallest absolute Gasteiger partial charge is 0.237 e. The quantitative estimate of drug-likeness (QED) is 0.807. The van der Waals surface area contributed by atoms with Crippen molar-refractivity contribution in [3.05, 3.63) is 53.5 Å². The second kappa shape index (κ2) is 4.94. The summed E-state index contributed by atoms with van der Waals surface area (Å²) in [5.74, 6) is -0.393. The predicted octanol–water partition coefficient (Wildman–Crippen LogP) is 2.76. The Kier molecular flexibility index (Phi) is 3.17. The number of aromatic nitrogens is 1. The predicted molar refractivity (Wildman–Crippen MR) is 60.1 cm³/mol. The molecule has 0 radical (unpaired) electrons. The molecule has 5 heteroatoms. The second-order valence-electron chi connectivity index (χ2n) is 3.32. The normalized spacial score (nSPS) is 9.28. The zero-order valence-corrected chi connectivity index (χ0v) is 9.09. The molecular formula is C13H6FN3O. The minimum atomic E-state index is -0.676. The fraction of sp³-hybridized carbons (Fsp3) is 0. The van der Waals surface area contributed by atoms with E-state index in [-0.39, 0.29) is 22.8 Å². The molecular weight excluding hydrogens is 233 g/mol. The SMILES string of the molecule is N#Cc1ccc(Oc2ncccc2C#N)cc1F. The van der Waals surface area contributed by atoms with Crippen molar-refractivity contribution in [2.75, 3.05) is 0 Å². The van der Waals surface area contributed by atoms with Crippen molar-refractivity contribution >= 4 is 0 Å². The van der Waals surface area contributed by atoms with Crippen molar-refractivity contribution in [2.45, 2.75) is 0 Å². The van der Waals surface area contributed by atoms with Crippen molar-refractivity contribution < 1.29 is 9.13 Å². The number of halogens is 1. The molecule has 1 aromatic heterocycles. The molecule has 0 bridgehead atoms. The number of nitriles is 2. The molecule has 0 saturated carbocycles. The van der Waals surface area contributed by atoms with Crippen LogP contribution < -0.4 is 4.74 Å². The summed E-state index contributed by atoms with van der Waals surface area (Å²) in [4.78, 5) is 3.88. The first kappa shape index (κ1) is 11.6. The fourth-order valence-corrected chi connectivity index (χ4v) is 1.32. The molecule has 2 rings (SSSR count). The van der Waals surface area contributed by atoms with E-state index in [1.54, 1.807) is 18.2 Å². The molecule has 1 heterocycles. The van der Waals surface area contributed by atoms with E-state index in [1.165, 1.54) is 18.3 Å². The van der Waals surface area contributed by atoms with Crippen LogP contribution in [-0.4, -0.2) is 4.98 Å². The van der Waals surface area contributed by atoms with Gasteiger partial charge in [-0.25, -0.2) is 9.37 Å². The second-order valence-corrected chi connectivity index (χ2v) is 3.32. The number of hydrogen-bond donors (Lipinski definition) is 0. The molecule has 0 spiro atoms. The van der Waals surface area contributed by atoms with Gasteiger partial charge in [0.05, 0.1) is 5.56 Å². The Morgan fingerprint density at radius 3 is 2.56 bits per heavy atom. The Hall–Kier alpha value is -2.92. The minimum absolute atomic E-state index is 0.0659. The third-order valence-electron chi connectivity index (χ3n) is 2.17. The highest BCUT2D eigenvalue weighted by molar-refractivity contribution is 5.42. The molecule has 0 aliphatic rings. The zero-order valence-electron chi connectivity index (χ0n) is 9.09. The summed E-state index contributed by atoms with van der Waals surface area (Å²) in [5, 5.41) is 17.4. The summed E-state index contributed by atoms with van der Waals surface area (Å²) < 4.78 is 18.6. The van der Waals surface area contributed by atoms with Gasteiger partial charge in [0.1, 0.15) is 29.3 Å². The summed E-state index contributed by atoms with van der Waals surface area (Å²) in [5.41, 5.74) is 0.186. The maximum atomic E-state index is 13.3. The van der Waals surface area contributed by atoms with Crippen LogP contribution >= 0.6 is 0 Å². The molecule has 86 valence electrons. The van der Waals surface area contributed by atoms with Gasteiger partial charge in [0.25, 0.3) is 0 Å². The van der Waals surface area contributed by atoms with Crippen LogP contribution in [0.5, 0.6) is 11.6 Å². The summed E-state index contributed by atoms with van der Waals surface area (Å²) in [7, 11) is 0. The summed E-state index contributed by atoms with van der Waals surface area (Å²) >= 11 is 0. The third-order valence-corrected chi connectivity index (χ3v) is 2.17. The lowest BCUT2D eigenvalue weighted by Crippen LogP contribution is -1.92. The molecule has 0 amide bonds. The molecule has 0 N–H and O–H groups in total. The number of pyridine rings is 1. The minimum Gasteiger partial charge on any atom is -0.438 e. The van der Waals surface area contributed by atoms with Crippen LogP contribution in [0.15, 0.2) is 36.5 Å². The van der Waals surface area contributed by atoms with Crippen LogP contribution in [0.4, 0.5) is 4.39 Å². The fourth-order valence-electron chi connectivity index (χ4n) is 1.32.